The molecule has 146 valence electrons. The fourth-order valence-electron chi connectivity index (χ4n) is 2.36. The lowest BCUT2D eigenvalue weighted by atomic mass is 10.1. The predicted molar refractivity (Wildman–Crippen MR) is 99.1 cm³/mol. The summed E-state index contributed by atoms with van der Waals surface area (Å²) in [5.74, 6) is -1.15. The zero-order valence-electron chi connectivity index (χ0n) is 14.3. The van der Waals surface area contributed by atoms with Crippen molar-refractivity contribution < 1.29 is 23.4 Å². The van der Waals surface area contributed by atoms with Crippen molar-refractivity contribution in [3.8, 4) is 5.75 Å². The minimum absolute atomic E-state index is 0.0650. The van der Waals surface area contributed by atoms with Gasteiger partial charge in [-0.1, -0.05) is 6.58 Å². The second kappa shape index (κ2) is 9.38. The lowest BCUT2D eigenvalue weighted by Gasteiger charge is -2.22. The maximum Gasteiger partial charge on any atom is 0.387 e. The quantitative estimate of drug-likeness (QED) is 0.452. The smallest absolute Gasteiger partial charge is 0.387 e. The number of aliphatic hydroxyl groups is 1. The van der Waals surface area contributed by atoms with Gasteiger partial charge >= 0.3 is 6.61 Å². The van der Waals surface area contributed by atoms with E-state index in [1.54, 1.807) is 18.3 Å². The van der Waals surface area contributed by atoms with Crippen molar-refractivity contribution in [2.24, 2.45) is 21.8 Å². The van der Waals surface area contributed by atoms with Crippen molar-refractivity contribution in [3.63, 3.8) is 0 Å². The van der Waals surface area contributed by atoms with Crippen LogP contribution in [0.25, 0.3) is 0 Å². The Morgan fingerprint density at radius 2 is 2.07 bits per heavy atom. The Balaban J connectivity index is 1.92. The third-order valence-electron chi connectivity index (χ3n) is 3.79. The highest BCUT2D eigenvalue weighted by Crippen LogP contribution is 2.24. The summed E-state index contributed by atoms with van der Waals surface area (Å²) in [5, 5.41) is 9.28. The van der Waals surface area contributed by atoms with Crippen LogP contribution in [-0.2, 0) is 4.79 Å². The molecule has 0 aliphatic carbocycles. The molecule has 1 heterocycles. The molecule has 0 bridgehead atoms. The number of nitrogens with zero attached hydrogens (tertiary/aromatic N) is 2. The number of amides is 1. The predicted octanol–water partition coefficient (Wildman–Crippen LogP) is 1.50. The number of carbonyl (C=O) groups excluding carboxylic acids is 1. The zero-order valence-corrected chi connectivity index (χ0v) is 15.2. The molecule has 2 rings (SSSR count). The van der Waals surface area contributed by atoms with Crippen LogP contribution >= 0.6 is 11.9 Å². The topological polar surface area (TPSA) is 114 Å². The third kappa shape index (κ3) is 5.69. The number of hydrogen-bond donors (Lipinski definition) is 3. The summed E-state index contributed by atoms with van der Waals surface area (Å²) in [5.41, 5.74) is 12.8. The van der Waals surface area contributed by atoms with Gasteiger partial charge in [-0.05, 0) is 24.3 Å². The molecule has 27 heavy (non-hydrogen) atoms. The van der Waals surface area contributed by atoms with Crippen molar-refractivity contribution in [2.75, 3.05) is 19.7 Å². The van der Waals surface area contributed by atoms with Gasteiger partial charge in [0, 0.05) is 46.6 Å². The minimum Gasteiger partial charge on any atom is -0.435 e. The molecule has 10 heteroatoms. The number of carbonyl (C=O) groups is 1. The van der Waals surface area contributed by atoms with E-state index in [0.29, 0.717) is 11.3 Å². The van der Waals surface area contributed by atoms with E-state index in [4.69, 9.17) is 11.5 Å². The Morgan fingerprint density at radius 1 is 1.41 bits per heavy atom. The van der Waals surface area contributed by atoms with Gasteiger partial charge < -0.3 is 26.2 Å². The fourth-order valence-corrected chi connectivity index (χ4v) is 2.92. The molecule has 1 aliphatic heterocycles. The summed E-state index contributed by atoms with van der Waals surface area (Å²) in [4.78, 5) is 14.5. The normalized spacial score (nSPS) is 15.6. The molecule has 1 aromatic rings. The summed E-state index contributed by atoms with van der Waals surface area (Å²) < 4.78 is 32.7. The van der Waals surface area contributed by atoms with E-state index in [-0.39, 0.29) is 30.4 Å². The van der Waals surface area contributed by atoms with E-state index in [0.717, 1.165) is 16.8 Å². The molecule has 1 amide bonds. The van der Waals surface area contributed by atoms with Gasteiger partial charge in [-0.3, -0.25) is 4.79 Å². The van der Waals surface area contributed by atoms with Crippen molar-refractivity contribution in [2.45, 2.75) is 11.5 Å². The van der Waals surface area contributed by atoms with Crippen LogP contribution in [0, 0.1) is 5.92 Å². The second-order valence-electron chi connectivity index (χ2n) is 5.73. The lowest BCUT2D eigenvalue weighted by Crippen LogP contribution is -2.39. The van der Waals surface area contributed by atoms with Crippen molar-refractivity contribution in [1.29, 1.82) is 0 Å². The van der Waals surface area contributed by atoms with Crippen LogP contribution in [-0.4, -0.2) is 48.4 Å². The van der Waals surface area contributed by atoms with E-state index < -0.39 is 19.1 Å². The van der Waals surface area contributed by atoms with Crippen LogP contribution in [0.1, 0.15) is 0 Å². The Kier molecular flexibility index (Phi) is 7.19. The largest absolute Gasteiger partial charge is 0.435 e. The molecule has 0 saturated carbocycles. The molecule has 0 fully saturated rings. The van der Waals surface area contributed by atoms with E-state index >= 15 is 0 Å². The van der Waals surface area contributed by atoms with Gasteiger partial charge in [0.1, 0.15) is 11.7 Å². The number of halogens is 2. The first kappa shape index (κ1) is 20.7. The number of alkyl halides is 2. The molecule has 0 radical (unpaired) electrons. The molecule has 1 atom stereocenters. The van der Waals surface area contributed by atoms with Gasteiger partial charge in [0.25, 0.3) is 0 Å². The van der Waals surface area contributed by atoms with Gasteiger partial charge in [0.15, 0.2) is 0 Å². The van der Waals surface area contributed by atoms with Crippen molar-refractivity contribution >= 4 is 24.1 Å². The Labute approximate surface area is 159 Å². The van der Waals surface area contributed by atoms with Gasteiger partial charge in [-0.25, -0.2) is 4.40 Å². The Bertz CT molecular complexity index is 753. The highest BCUT2D eigenvalue weighted by Gasteiger charge is 2.29. The highest BCUT2D eigenvalue weighted by atomic mass is 32.2. The third-order valence-corrected chi connectivity index (χ3v) is 4.48. The van der Waals surface area contributed by atoms with E-state index in [1.165, 1.54) is 17.0 Å². The average Bonchev–Trinajstić information content (AvgIpc) is 2.97. The summed E-state index contributed by atoms with van der Waals surface area (Å²) in [6, 6.07) is 6.03. The SMILES string of the molecule is C=C(N)C(CO)C(=O)N1CC(N)=C(C=NSc2ccc(OC(F)F)cc2)C1. The molecule has 7 nitrogen and oxygen atoms in total. The molecule has 0 aromatic heterocycles. The molecule has 0 spiro atoms. The molecule has 1 aliphatic rings. The van der Waals surface area contributed by atoms with E-state index in [9.17, 15) is 18.7 Å². The van der Waals surface area contributed by atoms with Crippen LogP contribution < -0.4 is 16.2 Å². The maximum atomic E-state index is 12.3. The van der Waals surface area contributed by atoms with Crippen LogP contribution in [0.3, 0.4) is 0 Å². The van der Waals surface area contributed by atoms with E-state index in [1.807, 2.05) is 0 Å². The summed E-state index contributed by atoms with van der Waals surface area (Å²) >= 11 is 1.12. The summed E-state index contributed by atoms with van der Waals surface area (Å²) in [6.45, 7) is 0.683. The number of nitrogens with two attached hydrogens (primary N) is 2. The highest BCUT2D eigenvalue weighted by molar-refractivity contribution is 7.98. The molecule has 5 N–H and O–H groups in total. The summed E-state index contributed by atoms with van der Waals surface area (Å²) in [7, 11) is 0. The van der Waals surface area contributed by atoms with Crippen molar-refractivity contribution in [1.82, 2.24) is 4.90 Å². The van der Waals surface area contributed by atoms with Gasteiger partial charge in [0.05, 0.1) is 13.2 Å². The lowest BCUT2D eigenvalue weighted by molar-refractivity contribution is -0.134. The standard InChI is InChI=1S/C17H20F2N4O3S/c1-10(20)14(9-24)16(25)23-7-11(15(21)8-23)6-22-27-13-4-2-12(3-5-13)26-17(18)19/h2-6,14,17,24H,1,7-9,20-21H2. The molecular weight excluding hydrogens is 378 g/mol. The van der Waals surface area contributed by atoms with Gasteiger partial charge in [-0.15, -0.1) is 0 Å². The average molecular weight is 398 g/mol. The zero-order chi connectivity index (χ0) is 20.0. The molecule has 0 saturated heterocycles. The van der Waals surface area contributed by atoms with Crippen LogP contribution in [0.5, 0.6) is 5.75 Å². The number of rotatable bonds is 8. The molecule has 1 aromatic carbocycles. The first-order valence-corrected chi connectivity index (χ1v) is 8.65. The van der Waals surface area contributed by atoms with Crippen LogP contribution in [0.15, 0.2) is 57.1 Å². The Hall–Kier alpha value is -2.59. The minimum atomic E-state index is -2.87. The fraction of sp³-hybridized carbons (Fsp3) is 0.294. The Morgan fingerprint density at radius 3 is 2.63 bits per heavy atom. The summed E-state index contributed by atoms with van der Waals surface area (Å²) in [6.07, 6.45) is 1.54. The first-order chi connectivity index (χ1) is 12.8. The van der Waals surface area contributed by atoms with Gasteiger partial charge in [-0.2, -0.15) is 8.78 Å². The van der Waals surface area contributed by atoms with Crippen LogP contribution in [0.2, 0.25) is 0 Å². The van der Waals surface area contributed by atoms with E-state index in [2.05, 4.69) is 15.7 Å². The number of ether oxygens (including phenoxy) is 1. The number of aliphatic hydroxyl groups excluding tert-OH is 1. The van der Waals surface area contributed by atoms with Crippen LogP contribution in [0.4, 0.5) is 8.78 Å². The number of benzene rings is 1. The monoisotopic (exact) mass is 398 g/mol. The second-order valence-corrected chi connectivity index (χ2v) is 6.60. The number of hydrogen-bond acceptors (Lipinski definition) is 7. The molecular formula is C17H20F2N4O3S. The first-order valence-electron chi connectivity index (χ1n) is 7.88. The van der Waals surface area contributed by atoms with Gasteiger partial charge in [0.2, 0.25) is 5.91 Å². The molecule has 1 unspecified atom stereocenters. The van der Waals surface area contributed by atoms with Crippen molar-refractivity contribution in [3.05, 3.63) is 47.8 Å². The maximum absolute atomic E-state index is 12.3.